The van der Waals surface area contributed by atoms with Crippen molar-refractivity contribution in [1.82, 2.24) is 0 Å². The van der Waals surface area contributed by atoms with Crippen LogP contribution in [-0.4, -0.2) is 25.1 Å². The van der Waals surface area contributed by atoms with Gasteiger partial charge in [-0.15, -0.1) is 0 Å². The first-order valence-electron chi connectivity index (χ1n) is 4.77. The predicted octanol–water partition coefficient (Wildman–Crippen LogP) is 0.211. The van der Waals surface area contributed by atoms with Crippen molar-refractivity contribution in [3.63, 3.8) is 0 Å². The Labute approximate surface area is 107 Å². The second kappa shape index (κ2) is 6.17. The fraction of sp³-hybridized carbons (Fsp3) is 0. The molecule has 0 aliphatic rings. The zero-order valence-electron chi connectivity index (χ0n) is 9.18. The molecule has 3 heteroatoms. The Bertz CT molecular complexity index is 468. The summed E-state index contributed by atoms with van der Waals surface area (Å²) in [5.74, 6) is 0.0286. The molecule has 0 fully saturated rings. The molecule has 2 aromatic rings. The topological polar surface area (TPSA) is 37.0 Å². The molecule has 0 aliphatic carbocycles. The molecule has 16 heavy (non-hydrogen) atoms. The largest absolute Gasteiger partial charge is 1.00 e. The van der Waals surface area contributed by atoms with E-state index >= 15 is 0 Å². The third-order valence-electron chi connectivity index (χ3n) is 2.09. The van der Waals surface area contributed by atoms with Crippen LogP contribution < -0.4 is 10.1 Å². The van der Waals surface area contributed by atoms with Gasteiger partial charge in [-0.3, -0.25) is 0 Å². The van der Waals surface area contributed by atoms with Gasteiger partial charge in [0.15, 0.2) is 6.21 Å². The van der Waals surface area contributed by atoms with Crippen LogP contribution in [0.4, 0.5) is 5.69 Å². The molecule has 0 aromatic heterocycles. The molecule has 0 amide bonds. The van der Waals surface area contributed by atoms with Crippen molar-refractivity contribution in [2.45, 2.75) is 0 Å². The van der Waals surface area contributed by atoms with Crippen LogP contribution in [-0.2, 0) is 0 Å². The molecule has 0 atom stereocenters. The maximum absolute atomic E-state index is 11.4. The van der Waals surface area contributed by atoms with Crippen LogP contribution in [0.15, 0.2) is 54.6 Å². The Balaban J connectivity index is 0.00000128. The van der Waals surface area contributed by atoms with Crippen LogP contribution in [0.2, 0.25) is 0 Å². The molecular formula is C13H11LiNO-. The molecule has 0 bridgehead atoms. The summed E-state index contributed by atoms with van der Waals surface area (Å²) in [5.41, 5.74) is 1.64. The summed E-state index contributed by atoms with van der Waals surface area (Å²) in [5, 5.41) is 11.4. The first-order valence-corrected chi connectivity index (χ1v) is 4.77. The monoisotopic (exact) mass is 204 g/mol. The zero-order chi connectivity index (χ0) is 10.5. The molecule has 0 saturated carbocycles. The number of hydrogen-bond donors (Lipinski definition) is 1. The minimum Gasteiger partial charge on any atom is -1.00 e. The van der Waals surface area contributed by atoms with E-state index in [-0.39, 0.29) is 24.6 Å². The maximum atomic E-state index is 11.4. The van der Waals surface area contributed by atoms with Crippen molar-refractivity contribution in [1.29, 1.82) is 0 Å². The smallest absolute Gasteiger partial charge is 0.203 e. The van der Waals surface area contributed by atoms with E-state index in [1.54, 1.807) is 24.4 Å². The second-order valence-electron chi connectivity index (χ2n) is 3.19. The van der Waals surface area contributed by atoms with Gasteiger partial charge in [-0.2, -0.15) is 0 Å². The van der Waals surface area contributed by atoms with Gasteiger partial charge in [-0.1, -0.05) is 42.1 Å². The quantitative estimate of drug-likeness (QED) is 0.551. The fourth-order valence-electron chi connectivity index (χ4n) is 1.30. The summed E-state index contributed by atoms with van der Waals surface area (Å²) in [6, 6.07) is 16.7. The average molecular weight is 204 g/mol. The first-order chi connectivity index (χ1) is 7.36. The van der Waals surface area contributed by atoms with Gasteiger partial charge in [-0.05, 0) is 6.07 Å². The summed E-state index contributed by atoms with van der Waals surface area (Å²) < 4.78 is 0. The van der Waals surface area contributed by atoms with Gasteiger partial charge in [-0.25, -0.2) is 4.99 Å². The van der Waals surface area contributed by atoms with Crippen molar-refractivity contribution in [3.05, 3.63) is 60.2 Å². The van der Waals surface area contributed by atoms with Gasteiger partial charge in [0.05, 0.1) is 0 Å². The van der Waals surface area contributed by atoms with E-state index in [2.05, 4.69) is 4.99 Å². The molecule has 76 valence electrons. The van der Waals surface area contributed by atoms with E-state index in [0.717, 1.165) is 5.69 Å². The van der Waals surface area contributed by atoms with Crippen molar-refractivity contribution in [3.8, 4) is 5.75 Å². The van der Waals surface area contributed by atoms with E-state index in [0.29, 0.717) is 5.56 Å². The maximum Gasteiger partial charge on any atom is 0.203 e. The molecule has 0 heterocycles. The van der Waals surface area contributed by atoms with E-state index in [1.165, 1.54) is 0 Å². The molecule has 2 nitrogen and oxygen atoms in total. The van der Waals surface area contributed by atoms with Gasteiger partial charge in [0.2, 0.25) is 5.69 Å². The number of rotatable bonds is 2. The second-order valence-corrected chi connectivity index (χ2v) is 3.19. The fourth-order valence-corrected chi connectivity index (χ4v) is 1.30. The standard InChI is InChI=1S/C13H11NO.Li/c15-13-9-5-4-6-11(13)10-14-12-7-2-1-3-8-12;/h1-10,15H;/q;-1. The van der Waals surface area contributed by atoms with Gasteiger partial charge >= 0.3 is 0 Å². The number of para-hydroxylation sites is 2. The minimum atomic E-state index is 0. The first kappa shape index (κ1) is 12.6. The molecular weight excluding hydrogens is 193 g/mol. The average Bonchev–Trinajstić information content (AvgIpc) is 2.29. The summed E-state index contributed by atoms with van der Waals surface area (Å²) in [6.07, 6.45) is 1.72. The summed E-state index contributed by atoms with van der Waals surface area (Å²) in [6.45, 7) is 0. The van der Waals surface area contributed by atoms with Crippen LogP contribution >= 0.6 is 0 Å². The molecule has 0 spiro atoms. The number of benzene rings is 2. The van der Waals surface area contributed by atoms with Crippen LogP contribution in [0, 0.1) is 0 Å². The van der Waals surface area contributed by atoms with Crippen molar-refractivity contribution in [2.24, 2.45) is 0 Å². The Morgan fingerprint density at radius 1 is 0.875 bits per heavy atom. The van der Waals surface area contributed by atoms with Gasteiger partial charge in [0.25, 0.3) is 0 Å². The molecule has 2 radical (unpaired) electrons. The van der Waals surface area contributed by atoms with E-state index in [9.17, 15) is 5.11 Å². The molecule has 2 aromatic carbocycles. The molecule has 2 rings (SSSR count). The van der Waals surface area contributed by atoms with Crippen molar-refractivity contribution >= 4 is 30.8 Å². The molecule has 0 aliphatic heterocycles. The van der Waals surface area contributed by atoms with Gasteiger partial charge < -0.3 is 24.0 Å². The summed E-state index contributed by atoms with van der Waals surface area (Å²) >= 11 is 0. The predicted molar refractivity (Wildman–Crippen MR) is 63.9 cm³/mol. The summed E-state index contributed by atoms with van der Waals surface area (Å²) in [4.78, 5) is 3.08. The van der Waals surface area contributed by atoms with E-state index < -0.39 is 0 Å². The SMILES string of the molecule is [Li-].[O-]c1ccccc1C=[NH+]c1ccccc1. The van der Waals surface area contributed by atoms with Gasteiger partial charge in [0.1, 0.15) is 0 Å². The normalized spacial score (nSPS) is 10.0. The Hall–Kier alpha value is -1.49. The van der Waals surface area contributed by atoms with E-state index in [1.807, 2.05) is 36.4 Å². The van der Waals surface area contributed by atoms with Crippen LogP contribution in [0.3, 0.4) is 0 Å². The van der Waals surface area contributed by atoms with Crippen molar-refractivity contribution < 1.29 is 10.1 Å². The Morgan fingerprint density at radius 2 is 1.50 bits per heavy atom. The third kappa shape index (κ3) is 3.27. The summed E-state index contributed by atoms with van der Waals surface area (Å²) in [7, 11) is 0. The Morgan fingerprint density at radius 3 is 2.19 bits per heavy atom. The Kier molecular flexibility index (Phi) is 4.85. The van der Waals surface area contributed by atoms with Crippen LogP contribution in [0.1, 0.15) is 5.56 Å². The number of hydrogen-bond acceptors (Lipinski definition) is 1. The minimum absolute atomic E-state index is 0. The molecule has 0 unspecified atom stereocenters. The molecule has 0 saturated heterocycles. The van der Waals surface area contributed by atoms with Gasteiger partial charge in [0, 0.05) is 17.7 Å². The van der Waals surface area contributed by atoms with E-state index in [4.69, 9.17) is 0 Å². The molecule has 1 N–H and O–H groups in total. The number of nitrogens with one attached hydrogen (secondary N) is 1. The van der Waals surface area contributed by atoms with Crippen molar-refractivity contribution in [2.75, 3.05) is 0 Å². The van der Waals surface area contributed by atoms with Crippen LogP contribution in [0.5, 0.6) is 5.75 Å². The third-order valence-corrected chi connectivity index (χ3v) is 2.09. The van der Waals surface area contributed by atoms with Crippen LogP contribution in [0.25, 0.3) is 0 Å². The zero-order valence-corrected chi connectivity index (χ0v) is 9.18.